The molecule has 0 saturated carbocycles. The lowest BCUT2D eigenvalue weighted by Gasteiger charge is -2.07. The van der Waals surface area contributed by atoms with Gasteiger partial charge in [0, 0.05) is 15.8 Å². The predicted molar refractivity (Wildman–Crippen MR) is 94.7 cm³/mol. The summed E-state index contributed by atoms with van der Waals surface area (Å²) in [5.41, 5.74) is 1.96. The lowest BCUT2D eigenvalue weighted by atomic mass is 10.2. The first kappa shape index (κ1) is 15.6. The van der Waals surface area contributed by atoms with Crippen LogP contribution < -0.4 is 0 Å². The molecule has 22 heavy (non-hydrogen) atoms. The zero-order chi connectivity index (χ0) is 15.4. The van der Waals surface area contributed by atoms with Crippen molar-refractivity contribution in [2.24, 2.45) is 4.99 Å². The SMILES string of the molecule is Oc1ccccc1C1=N[C@H](COCc2ccc(Br)cc2)CS1. The van der Waals surface area contributed by atoms with Gasteiger partial charge in [-0.15, -0.1) is 11.8 Å². The number of ether oxygens (including phenoxy) is 1. The fourth-order valence-electron chi connectivity index (χ4n) is 2.20. The second-order valence-electron chi connectivity index (χ2n) is 5.06. The Morgan fingerprint density at radius 1 is 1.18 bits per heavy atom. The van der Waals surface area contributed by atoms with Crippen molar-refractivity contribution >= 4 is 32.7 Å². The molecular formula is C17H16BrNO2S. The van der Waals surface area contributed by atoms with Crippen LogP contribution in [0.3, 0.4) is 0 Å². The van der Waals surface area contributed by atoms with Gasteiger partial charge in [0.05, 0.1) is 19.3 Å². The summed E-state index contributed by atoms with van der Waals surface area (Å²) in [5.74, 6) is 1.18. The van der Waals surface area contributed by atoms with E-state index < -0.39 is 0 Å². The van der Waals surface area contributed by atoms with Crippen molar-refractivity contribution < 1.29 is 9.84 Å². The van der Waals surface area contributed by atoms with Crippen molar-refractivity contribution in [2.45, 2.75) is 12.6 Å². The first-order valence-electron chi connectivity index (χ1n) is 7.03. The minimum absolute atomic E-state index is 0.148. The summed E-state index contributed by atoms with van der Waals surface area (Å²) < 4.78 is 6.83. The molecule has 1 N–H and O–H groups in total. The Balaban J connectivity index is 1.54. The van der Waals surface area contributed by atoms with Gasteiger partial charge in [-0.3, -0.25) is 4.99 Å². The first-order chi connectivity index (χ1) is 10.7. The predicted octanol–water partition coefficient (Wildman–Crippen LogP) is 4.23. The van der Waals surface area contributed by atoms with Gasteiger partial charge in [0.2, 0.25) is 0 Å². The van der Waals surface area contributed by atoms with Gasteiger partial charge in [-0.25, -0.2) is 0 Å². The molecule has 0 aliphatic carbocycles. The average molecular weight is 378 g/mol. The van der Waals surface area contributed by atoms with Crippen molar-refractivity contribution in [1.82, 2.24) is 0 Å². The highest BCUT2D eigenvalue weighted by molar-refractivity contribution is 9.10. The fourth-order valence-corrected chi connectivity index (χ4v) is 3.53. The van der Waals surface area contributed by atoms with E-state index in [2.05, 4.69) is 20.9 Å². The molecule has 0 amide bonds. The number of nitrogens with zero attached hydrogens (tertiary/aromatic N) is 1. The molecule has 0 fully saturated rings. The molecule has 3 nitrogen and oxygen atoms in total. The molecule has 1 heterocycles. The molecule has 114 valence electrons. The molecule has 0 bridgehead atoms. The van der Waals surface area contributed by atoms with E-state index in [1.54, 1.807) is 17.8 Å². The number of aliphatic imine (C=N–C) groups is 1. The highest BCUT2D eigenvalue weighted by Crippen LogP contribution is 2.28. The fraction of sp³-hybridized carbons (Fsp3) is 0.235. The molecule has 0 unspecified atom stereocenters. The number of phenolic OH excluding ortho intramolecular Hbond substituents is 1. The topological polar surface area (TPSA) is 41.8 Å². The third-order valence-corrected chi connectivity index (χ3v) is 5.02. The third-order valence-electron chi connectivity index (χ3n) is 3.34. The number of rotatable bonds is 5. The van der Waals surface area contributed by atoms with Gasteiger partial charge >= 0.3 is 0 Å². The van der Waals surface area contributed by atoms with Crippen LogP contribution in [0.1, 0.15) is 11.1 Å². The van der Waals surface area contributed by atoms with Gasteiger partial charge in [-0.05, 0) is 29.8 Å². The van der Waals surface area contributed by atoms with Crippen LogP contribution in [0.25, 0.3) is 0 Å². The number of para-hydroxylation sites is 1. The monoisotopic (exact) mass is 377 g/mol. The molecule has 0 spiro atoms. The van der Waals surface area contributed by atoms with Gasteiger partial charge in [0.25, 0.3) is 0 Å². The van der Waals surface area contributed by atoms with Gasteiger partial charge in [-0.2, -0.15) is 0 Å². The Morgan fingerprint density at radius 2 is 1.95 bits per heavy atom. The normalized spacial score (nSPS) is 17.5. The van der Waals surface area contributed by atoms with E-state index >= 15 is 0 Å². The summed E-state index contributed by atoms with van der Waals surface area (Å²) in [6, 6.07) is 15.6. The standard InChI is InChI=1S/C17H16BrNO2S/c18-13-7-5-12(6-8-13)9-21-10-14-11-22-17(19-14)15-3-1-2-4-16(15)20/h1-8,14,20H,9-11H2/t14-/m1/s1. The molecular weight excluding hydrogens is 362 g/mol. The molecule has 2 aromatic carbocycles. The lowest BCUT2D eigenvalue weighted by molar-refractivity contribution is 0.113. The summed E-state index contributed by atoms with van der Waals surface area (Å²) in [6.45, 7) is 1.19. The van der Waals surface area contributed by atoms with E-state index in [1.165, 1.54) is 0 Å². The second-order valence-corrected chi connectivity index (χ2v) is 6.98. The van der Waals surface area contributed by atoms with Crippen LogP contribution in [0.5, 0.6) is 5.75 Å². The molecule has 0 saturated heterocycles. The van der Waals surface area contributed by atoms with Crippen LogP contribution in [0.2, 0.25) is 0 Å². The maximum Gasteiger partial charge on any atom is 0.125 e. The number of hydrogen-bond acceptors (Lipinski definition) is 4. The van der Waals surface area contributed by atoms with E-state index in [9.17, 15) is 5.11 Å². The van der Waals surface area contributed by atoms with Gasteiger partial charge in [0.1, 0.15) is 10.8 Å². The minimum atomic E-state index is 0.148. The minimum Gasteiger partial charge on any atom is -0.507 e. The summed E-state index contributed by atoms with van der Waals surface area (Å²) in [4.78, 5) is 4.65. The van der Waals surface area contributed by atoms with Crippen molar-refractivity contribution in [1.29, 1.82) is 0 Å². The summed E-state index contributed by atoms with van der Waals surface area (Å²) in [6.07, 6.45) is 0. The van der Waals surface area contributed by atoms with Crippen LogP contribution in [0, 0.1) is 0 Å². The Bertz CT molecular complexity index is 673. The molecule has 3 rings (SSSR count). The Labute approximate surface area is 142 Å². The Hall–Kier alpha value is -1.30. The number of hydrogen-bond donors (Lipinski definition) is 1. The van der Waals surface area contributed by atoms with Gasteiger partial charge in [0.15, 0.2) is 0 Å². The third kappa shape index (κ3) is 3.91. The molecule has 1 aliphatic heterocycles. The Kier molecular flexibility index (Phi) is 5.18. The Morgan fingerprint density at radius 3 is 2.73 bits per heavy atom. The van der Waals surface area contributed by atoms with Crippen molar-refractivity contribution in [3.05, 3.63) is 64.1 Å². The zero-order valence-electron chi connectivity index (χ0n) is 11.9. The molecule has 5 heteroatoms. The molecule has 1 aliphatic rings. The van der Waals surface area contributed by atoms with Crippen LogP contribution in [0.4, 0.5) is 0 Å². The van der Waals surface area contributed by atoms with E-state index in [-0.39, 0.29) is 11.8 Å². The van der Waals surface area contributed by atoms with Crippen LogP contribution in [-0.2, 0) is 11.3 Å². The van der Waals surface area contributed by atoms with Crippen molar-refractivity contribution in [3.8, 4) is 5.75 Å². The zero-order valence-corrected chi connectivity index (χ0v) is 14.3. The molecule has 0 radical (unpaired) electrons. The smallest absolute Gasteiger partial charge is 0.125 e. The maximum atomic E-state index is 9.88. The van der Waals surface area contributed by atoms with E-state index in [1.807, 2.05) is 42.5 Å². The lowest BCUT2D eigenvalue weighted by Crippen LogP contribution is -2.13. The van der Waals surface area contributed by atoms with E-state index in [0.717, 1.165) is 26.4 Å². The summed E-state index contributed by atoms with van der Waals surface area (Å²) in [5, 5.41) is 10.8. The number of thioether (sulfide) groups is 1. The number of benzene rings is 2. The molecule has 0 aromatic heterocycles. The quantitative estimate of drug-likeness (QED) is 0.847. The number of halogens is 1. The largest absolute Gasteiger partial charge is 0.507 e. The first-order valence-corrected chi connectivity index (χ1v) is 8.81. The van der Waals surface area contributed by atoms with Crippen molar-refractivity contribution in [2.75, 3.05) is 12.4 Å². The second kappa shape index (κ2) is 7.31. The van der Waals surface area contributed by atoms with Crippen molar-refractivity contribution in [3.63, 3.8) is 0 Å². The summed E-state index contributed by atoms with van der Waals surface area (Å²) >= 11 is 5.09. The highest BCUT2D eigenvalue weighted by atomic mass is 79.9. The maximum absolute atomic E-state index is 9.88. The van der Waals surface area contributed by atoms with Gasteiger partial charge < -0.3 is 9.84 Å². The number of phenols is 1. The van der Waals surface area contributed by atoms with Gasteiger partial charge in [-0.1, -0.05) is 40.2 Å². The van der Waals surface area contributed by atoms with E-state index in [4.69, 9.17) is 4.74 Å². The summed E-state index contributed by atoms with van der Waals surface area (Å²) in [7, 11) is 0. The van der Waals surface area contributed by atoms with E-state index in [0.29, 0.717) is 13.2 Å². The molecule has 1 atom stereocenters. The van der Waals surface area contributed by atoms with Crippen LogP contribution in [0.15, 0.2) is 58.0 Å². The van der Waals surface area contributed by atoms with Crippen LogP contribution >= 0.6 is 27.7 Å². The highest BCUT2D eigenvalue weighted by Gasteiger charge is 2.21. The molecule has 2 aromatic rings. The average Bonchev–Trinajstić information content (AvgIpc) is 2.98. The number of aromatic hydroxyl groups is 1. The van der Waals surface area contributed by atoms with Crippen LogP contribution in [-0.4, -0.2) is 28.6 Å².